The highest BCUT2D eigenvalue weighted by atomic mass is 19.1. The Morgan fingerprint density at radius 3 is 2.88 bits per heavy atom. The largest absolute Gasteiger partial charge is 0.239 e. The summed E-state index contributed by atoms with van der Waals surface area (Å²) in [5.74, 6) is -0.479. The van der Waals surface area contributed by atoms with Gasteiger partial charge in [0, 0.05) is 0 Å². The number of rotatable bonds is 0. The Balaban J connectivity index is 3.13. The molecule has 0 bridgehead atoms. The van der Waals surface area contributed by atoms with E-state index in [2.05, 4.69) is 16.2 Å². The van der Waals surface area contributed by atoms with Crippen LogP contribution in [0.15, 0.2) is 6.33 Å². The van der Waals surface area contributed by atoms with Crippen molar-refractivity contribution in [1.29, 1.82) is 0 Å². The third kappa shape index (κ3) is 0.804. The number of halogens is 1. The summed E-state index contributed by atoms with van der Waals surface area (Å²) in [6.07, 6.45) is 3.38. The minimum atomic E-state index is -0.479. The zero-order valence-electron chi connectivity index (χ0n) is 4.35. The Kier molecular flexibility index (Phi) is 1.20. The molecule has 0 amide bonds. The molecule has 0 aliphatic heterocycles. The Hall–Kier alpha value is -0.990. The molecular formula is C5H4FN2. The molecule has 0 spiro atoms. The second-order valence-corrected chi connectivity index (χ2v) is 1.38. The lowest BCUT2D eigenvalue weighted by Crippen LogP contribution is -1.87. The highest BCUT2D eigenvalue weighted by Gasteiger charge is 1.92. The average molecular weight is 111 g/mol. The van der Waals surface area contributed by atoms with E-state index in [1.807, 2.05) is 0 Å². The van der Waals surface area contributed by atoms with E-state index in [0.717, 1.165) is 0 Å². The predicted octanol–water partition coefficient (Wildman–Crippen LogP) is 0.724. The topological polar surface area (TPSA) is 25.8 Å². The van der Waals surface area contributed by atoms with Crippen LogP contribution in [0.1, 0.15) is 5.69 Å². The first-order valence-electron chi connectivity index (χ1n) is 2.15. The van der Waals surface area contributed by atoms with E-state index >= 15 is 0 Å². The maximum Gasteiger partial charge on any atom is 0.172 e. The number of aromatic nitrogens is 2. The fourth-order valence-electron chi connectivity index (χ4n) is 0.339. The van der Waals surface area contributed by atoms with Crippen molar-refractivity contribution in [2.45, 2.75) is 6.92 Å². The molecule has 3 heteroatoms. The molecule has 1 radical (unpaired) electrons. The Labute approximate surface area is 46.4 Å². The molecule has 1 heterocycles. The van der Waals surface area contributed by atoms with Crippen molar-refractivity contribution in [3.05, 3.63) is 24.0 Å². The summed E-state index contributed by atoms with van der Waals surface area (Å²) in [7, 11) is 0. The highest BCUT2D eigenvalue weighted by molar-refractivity contribution is 4.96. The van der Waals surface area contributed by atoms with Gasteiger partial charge >= 0.3 is 0 Å². The van der Waals surface area contributed by atoms with Crippen LogP contribution in [0.4, 0.5) is 4.39 Å². The van der Waals surface area contributed by atoms with Gasteiger partial charge in [-0.05, 0) is 6.92 Å². The first kappa shape index (κ1) is 5.15. The minimum Gasteiger partial charge on any atom is -0.239 e. The molecule has 2 nitrogen and oxygen atoms in total. The predicted molar refractivity (Wildman–Crippen MR) is 25.6 cm³/mol. The molecule has 0 N–H and O–H groups in total. The van der Waals surface area contributed by atoms with Crippen molar-refractivity contribution in [1.82, 2.24) is 9.97 Å². The summed E-state index contributed by atoms with van der Waals surface area (Å²) >= 11 is 0. The van der Waals surface area contributed by atoms with Crippen molar-refractivity contribution in [2.75, 3.05) is 0 Å². The normalized spacial score (nSPS) is 9.25. The molecule has 0 aliphatic rings. The van der Waals surface area contributed by atoms with Crippen LogP contribution in [-0.2, 0) is 0 Å². The molecule has 1 rings (SSSR count). The van der Waals surface area contributed by atoms with Gasteiger partial charge in [-0.15, -0.1) is 0 Å². The second-order valence-electron chi connectivity index (χ2n) is 1.38. The molecule has 0 fully saturated rings. The first-order chi connectivity index (χ1) is 3.80. The van der Waals surface area contributed by atoms with Gasteiger partial charge in [0.05, 0.1) is 5.69 Å². The average Bonchev–Trinajstić information content (AvgIpc) is 1.77. The number of hydrogen-bond acceptors (Lipinski definition) is 2. The monoisotopic (exact) mass is 111 g/mol. The van der Waals surface area contributed by atoms with Crippen LogP contribution in [0.3, 0.4) is 0 Å². The van der Waals surface area contributed by atoms with E-state index < -0.39 is 5.82 Å². The molecule has 0 atom stereocenters. The second kappa shape index (κ2) is 1.86. The SMILES string of the molecule is Cc1ncn[c]c1F. The van der Waals surface area contributed by atoms with E-state index in [9.17, 15) is 4.39 Å². The molecule has 1 aromatic rings. The summed E-state index contributed by atoms with van der Waals surface area (Å²) in [6.45, 7) is 1.56. The van der Waals surface area contributed by atoms with Gasteiger partial charge in [0.2, 0.25) is 0 Å². The van der Waals surface area contributed by atoms with Crippen LogP contribution in [0.5, 0.6) is 0 Å². The molecule has 8 heavy (non-hydrogen) atoms. The molecule has 0 saturated heterocycles. The first-order valence-corrected chi connectivity index (χ1v) is 2.15. The van der Waals surface area contributed by atoms with Crippen LogP contribution < -0.4 is 0 Å². The quantitative estimate of drug-likeness (QED) is 0.493. The van der Waals surface area contributed by atoms with Gasteiger partial charge in [-0.3, -0.25) is 0 Å². The third-order valence-corrected chi connectivity index (χ3v) is 0.789. The van der Waals surface area contributed by atoms with Gasteiger partial charge in [0.25, 0.3) is 0 Å². The van der Waals surface area contributed by atoms with Crippen molar-refractivity contribution in [2.24, 2.45) is 0 Å². The third-order valence-electron chi connectivity index (χ3n) is 0.789. The highest BCUT2D eigenvalue weighted by Crippen LogP contribution is 1.94. The number of hydrogen-bond donors (Lipinski definition) is 0. The lowest BCUT2D eigenvalue weighted by atomic mass is 10.4. The molecule has 0 aromatic carbocycles. The van der Waals surface area contributed by atoms with Crippen molar-refractivity contribution < 1.29 is 4.39 Å². The Morgan fingerprint density at radius 2 is 2.50 bits per heavy atom. The van der Waals surface area contributed by atoms with Gasteiger partial charge in [-0.1, -0.05) is 0 Å². The van der Waals surface area contributed by atoms with Crippen molar-refractivity contribution >= 4 is 0 Å². The van der Waals surface area contributed by atoms with Gasteiger partial charge in [0.15, 0.2) is 5.82 Å². The summed E-state index contributed by atoms with van der Waals surface area (Å²) in [5, 5.41) is 0. The molecule has 41 valence electrons. The molecular weight excluding hydrogens is 107 g/mol. The zero-order chi connectivity index (χ0) is 5.98. The van der Waals surface area contributed by atoms with E-state index in [-0.39, 0.29) is 0 Å². The van der Waals surface area contributed by atoms with Crippen LogP contribution in [-0.4, -0.2) is 9.97 Å². The fraction of sp³-hybridized carbons (Fsp3) is 0.200. The summed E-state index contributed by atoms with van der Waals surface area (Å²) in [6, 6.07) is 0. The van der Waals surface area contributed by atoms with Gasteiger partial charge in [-0.2, -0.15) is 0 Å². The maximum absolute atomic E-state index is 12.1. The maximum atomic E-state index is 12.1. The van der Waals surface area contributed by atoms with Gasteiger partial charge < -0.3 is 0 Å². The minimum absolute atomic E-state index is 0.333. The zero-order valence-corrected chi connectivity index (χ0v) is 4.35. The summed E-state index contributed by atoms with van der Waals surface area (Å²) < 4.78 is 12.1. The Morgan fingerprint density at radius 1 is 1.75 bits per heavy atom. The molecule has 0 aliphatic carbocycles. The smallest absolute Gasteiger partial charge is 0.172 e. The van der Waals surface area contributed by atoms with E-state index in [1.165, 1.54) is 6.33 Å². The van der Waals surface area contributed by atoms with Gasteiger partial charge in [0.1, 0.15) is 12.5 Å². The van der Waals surface area contributed by atoms with Gasteiger partial charge in [-0.25, -0.2) is 14.4 Å². The molecule has 1 aromatic heterocycles. The van der Waals surface area contributed by atoms with Crippen LogP contribution in [0, 0.1) is 18.9 Å². The van der Waals surface area contributed by atoms with E-state index in [0.29, 0.717) is 5.69 Å². The summed E-state index contributed by atoms with van der Waals surface area (Å²) in [4.78, 5) is 6.90. The number of aryl methyl sites for hydroxylation is 1. The standard InChI is InChI=1S/C5H4FN2/c1-4-5(6)2-7-3-8-4/h3H,1H3. The lowest BCUT2D eigenvalue weighted by Gasteiger charge is -1.86. The lowest BCUT2D eigenvalue weighted by molar-refractivity contribution is 0.598. The summed E-state index contributed by atoms with van der Waals surface area (Å²) in [5.41, 5.74) is 0.333. The van der Waals surface area contributed by atoms with Crippen molar-refractivity contribution in [3.8, 4) is 0 Å². The van der Waals surface area contributed by atoms with Crippen LogP contribution in [0.2, 0.25) is 0 Å². The van der Waals surface area contributed by atoms with Crippen molar-refractivity contribution in [3.63, 3.8) is 0 Å². The van der Waals surface area contributed by atoms with E-state index in [4.69, 9.17) is 0 Å². The molecule has 0 unspecified atom stereocenters. The van der Waals surface area contributed by atoms with Crippen LogP contribution >= 0.6 is 0 Å². The molecule has 0 saturated carbocycles. The number of nitrogens with zero attached hydrogens (tertiary/aromatic N) is 2. The van der Waals surface area contributed by atoms with Crippen LogP contribution in [0.25, 0.3) is 0 Å². The fourth-order valence-corrected chi connectivity index (χ4v) is 0.339. The van der Waals surface area contributed by atoms with E-state index in [1.54, 1.807) is 6.92 Å². The Bertz CT molecular complexity index is 167.